The maximum atomic E-state index is 12.6. The van der Waals surface area contributed by atoms with Crippen molar-refractivity contribution in [2.75, 3.05) is 39.6 Å². The Morgan fingerprint density at radius 1 is 1.38 bits per heavy atom. The summed E-state index contributed by atoms with van der Waals surface area (Å²) in [6.45, 7) is 3.38. The number of carbonyl (C=O) groups is 2. The lowest BCUT2D eigenvalue weighted by Gasteiger charge is -2.22. The zero-order chi connectivity index (χ0) is 15.8. The average Bonchev–Trinajstić information content (AvgIpc) is 2.87. The Morgan fingerprint density at radius 3 is 2.67 bits per heavy atom. The lowest BCUT2D eigenvalue weighted by Crippen LogP contribution is -2.37. The molecule has 0 aliphatic heterocycles. The van der Waals surface area contributed by atoms with E-state index in [1.54, 1.807) is 7.11 Å². The molecular formula is C13H22N4O4. The molecule has 8 nitrogen and oxygen atoms in total. The van der Waals surface area contributed by atoms with E-state index in [2.05, 4.69) is 9.84 Å². The van der Waals surface area contributed by atoms with Gasteiger partial charge in [-0.1, -0.05) is 0 Å². The van der Waals surface area contributed by atoms with Gasteiger partial charge in [-0.25, -0.2) is 0 Å². The molecule has 0 radical (unpaired) electrons. The van der Waals surface area contributed by atoms with Gasteiger partial charge in [0.15, 0.2) is 0 Å². The highest BCUT2D eigenvalue weighted by atomic mass is 16.5. The number of nitrogen functional groups attached to an aromatic ring is 1. The van der Waals surface area contributed by atoms with Gasteiger partial charge >= 0.3 is 5.97 Å². The van der Waals surface area contributed by atoms with Crippen molar-refractivity contribution in [3.8, 4) is 0 Å². The van der Waals surface area contributed by atoms with Crippen molar-refractivity contribution in [3.63, 3.8) is 0 Å². The number of hydrogen-bond acceptors (Lipinski definition) is 6. The first-order valence-corrected chi connectivity index (χ1v) is 6.71. The number of amides is 1. The number of aryl methyl sites for hydroxylation is 1. The summed E-state index contributed by atoms with van der Waals surface area (Å²) in [6.07, 6.45) is 1.57. The minimum Gasteiger partial charge on any atom is -0.469 e. The molecule has 0 saturated carbocycles. The van der Waals surface area contributed by atoms with E-state index in [0.29, 0.717) is 31.1 Å². The molecule has 21 heavy (non-hydrogen) atoms. The summed E-state index contributed by atoms with van der Waals surface area (Å²) < 4.78 is 11.1. The van der Waals surface area contributed by atoms with Crippen LogP contribution in [-0.2, 0) is 20.8 Å². The number of anilines is 1. The summed E-state index contributed by atoms with van der Waals surface area (Å²) in [5.74, 6) is -0.644. The van der Waals surface area contributed by atoms with E-state index in [1.165, 1.54) is 22.9 Å². The van der Waals surface area contributed by atoms with E-state index in [-0.39, 0.29) is 24.8 Å². The van der Waals surface area contributed by atoms with Crippen LogP contribution in [0.1, 0.15) is 23.8 Å². The molecular weight excluding hydrogens is 276 g/mol. The Bertz CT molecular complexity index is 487. The van der Waals surface area contributed by atoms with Crippen LogP contribution < -0.4 is 5.73 Å². The fourth-order valence-electron chi connectivity index (χ4n) is 1.87. The molecule has 0 atom stereocenters. The van der Waals surface area contributed by atoms with Gasteiger partial charge in [0.1, 0.15) is 5.69 Å². The third-order valence-corrected chi connectivity index (χ3v) is 3.04. The number of nitrogens with two attached hydrogens (primary N) is 1. The second-order valence-electron chi connectivity index (χ2n) is 4.38. The smallest absolute Gasteiger partial charge is 0.307 e. The van der Waals surface area contributed by atoms with Crippen LogP contribution in [0.3, 0.4) is 0 Å². The van der Waals surface area contributed by atoms with Crippen LogP contribution >= 0.6 is 0 Å². The van der Waals surface area contributed by atoms with Crippen LogP contribution in [0.2, 0.25) is 0 Å². The second kappa shape index (κ2) is 8.25. The van der Waals surface area contributed by atoms with Gasteiger partial charge in [-0.05, 0) is 6.92 Å². The molecule has 0 bridgehead atoms. The van der Waals surface area contributed by atoms with Crippen LogP contribution in [0.4, 0.5) is 5.69 Å². The predicted octanol–water partition coefficient (Wildman–Crippen LogP) is 0.137. The highest BCUT2D eigenvalue weighted by Gasteiger charge is 2.23. The predicted molar refractivity (Wildman–Crippen MR) is 76.7 cm³/mol. The number of ether oxygens (including phenoxy) is 2. The van der Waals surface area contributed by atoms with Crippen molar-refractivity contribution < 1.29 is 19.1 Å². The molecule has 1 rings (SSSR count). The van der Waals surface area contributed by atoms with Gasteiger partial charge in [0.25, 0.3) is 5.91 Å². The Morgan fingerprint density at radius 2 is 2.10 bits per heavy atom. The van der Waals surface area contributed by atoms with Crippen molar-refractivity contribution in [1.82, 2.24) is 14.7 Å². The summed E-state index contributed by atoms with van der Waals surface area (Å²) in [4.78, 5) is 25.4. The Hall–Kier alpha value is -2.09. The number of methoxy groups -OCH3 is 2. The minimum absolute atomic E-state index is 0.117. The topological polar surface area (TPSA) is 99.7 Å². The molecule has 118 valence electrons. The van der Waals surface area contributed by atoms with E-state index in [9.17, 15) is 9.59 Å². The Kier molecular flexibility index (Phi) is 6.67. The summed E-state index contributed by atoms with van der Waals surface area (Å²) in [5.41, 5.74) is 6.47. The van der Waals surface area contributed by atoms with E-state index >= 15 is 0 Å². The summed E-state index contributed by atoms with van der Waals surface area (Å²) in [7, 11) is 2.86. The lowest BCUT2D eigenvalue weighted by atomic mass is 10.3. The number of hydrogen-bond donors (Lipinski definition) is 1. The lowest BCUT2D eigenvalue weighted by molar-refractivity contribution is -0.140. The molecule has 0 saturated heterocycles. The molecule has 0 aliphatic carbocycles. The normalized spacial score (nSPS) is 10.4. The second-order valence-corrected chi connectivity index (χ2v) is 4.38. The van der Waals surface area contributed by atoms with Gasteiger partial charge in [-0.3, -0.25) is 14.3 Å². The van der Waals surface area contributed by atoms with Gasteiger partial charge in [0, 0.05) is 26.7 Å². The highest BCUT2D eigenvalue weighted by Crippen LogP contribution is 2.14. The first-order chi connectivity index (χ1) is 10.0. The average molecular weight is 298 g/mol. The molecule has 1 aromatic rings. The van der Waals surface area contributed by atoms with Gasteiger partial charge in [-0.2, -0.15) is 5.10 Å². The molecule has 0 spiro atoms. The van der Waals surface area contributed by atoms with Crippen LogP contribution in [-0.4, -0.2) is 60.5 Å². The summed E-state index contributed by atoms with van der Waals surface area (Å²) in [5, 5.41) is 4.05. The van der Waals surface area contributed by atoms with Crippen molar-refractivity contribution in [2.45, 2.75) is 19.9 Å². The molecule has 2 N–H and O–H groups in total. The fourth-order valence-corrected chi connectivity index (χ4v) is 1.87. The third-order valence-electron chi connectivity index (χ3n) is 3.04. The quantitative estimate of drug-likeness (QED) is 0.685. The minimum atomic E-state index is -0.373. The largest absolute Gasteiger partial charge is 0.469 e. The van der Waals surface area contributed by atoms with Gasteiger partial charge in [0.05, 0.1) is 32.0 Å². The maximum Gasteiger partial charge on any atom is 0.307 e. The summed E-state index contributed by atoms with van der Waals surface area (Å²) >= 11 is 0. The zero-order valence-corrected chi connectivity index (χ0v) is 12.7. The number of esters is 1. The number of rotatable bonds is 8. The van der Waals surface area contributed by atoms with E-state index in [0.717, 1.165) is 0 Å². The van der Waals surface area contributed by atoms with Crippen molar-refractivity contribution in [3.05, 3.63) is 11.9 Å². The van der Waals surface area contributed by atoms with Gasteiger partial charge < -0.3 is 20.1 Å². The standard InChI is InChI=1S/C13H22N4O4/c1-4-17-12(10(14)9-15-17)13(19)16(7-8-20-2)6-5-11(18)21-3/h9H,4-8,14H2,1-3H3. The van der Waals surface area contributed by atoms with Crippen molar-refractivity contribution in [1.29, 1.82) is 0 Å². The molecule has 0 fully saturated rings. The molecule has 1 aromatic heterocycles. The molecule has 8 heteroatoms. The summed E-state index contributed by atoms with van der Waals surface area (Å²) in [6, 6.07) is 0. The van der Waals surface area contributed by atoms with Crippen molar-refractivity contribution in [2.24, 2.45) is 0 Å². The Balaban J connectivity index is 2.87. The molecule has 0 aliphatic rings. The number of aromatic nitrogens is 2. The first kappa shape index (κ1) is 17.0. The SMILES string of the molecule is CCn1ncc(N)c1C(=O)N(CCOC)CCC(=O)OC. The molecule has 0 aromatic carbocycles. The van der Waals surface area contributed by atoms with Crippen LogP contribution in [0.5, 0.6) is 0 Å². The number of nitrogens with zero attached hydrogens (tertiary/aromatic N) is 3. The Labute approximate surface area is 123 Å². The van der Waals surface area contributed by atoms with E-state index in [4.69, 9.17) is 10.5 Å². The van der Waals surface area contributed by atoms with E-state index in [1.807, 2.05) is 6.92 Å². The van der Waals surface area contributed by atoms with Gasteiger partial charge in [-0.15, -0.1) is 0 Å². The first-order valence-electron chi connectivity index (χ1n) is 6.71. The monoisotopic (exact) mass is 298 g/mol. The van der Waals surface area contributed by atoms with Crippen LogP contribution in [0.15, 0.2) is 6.20 Å². The zero-order valence-electron chi connectivity index (χ0n) is 12.7. The molecule has 0 unspecified atom stereocenters. The van der Waals surface area contributed by atoms with Gasteiger partial charge in [0.2, 0.25) is 0 Å². The third kappa shape index (κ3) is 4.45. The number of carbonyl (C=O) groups excluding carboxylic acids is 2. The fraction of sp³-hybridized carbons (Fsp3) is 0.615. The van der Waals surface area contributed by atoms with Crippen molar-refractivity contribution >= 4 is 17.6 Å². The van der Waals surface area contributed by atoms with E-state index < -0.39 is 0 Å². The molecule has 1 heterocycles. The molecule has 1 amide bonds. The maximum absolute atomic E-state index is 12.6. The van der Waals surface area contributed by atoms with Crippen LogP contribution in [0.25, 0.3) is 0 Å². The van der Waals surface area contributed by atoms with Crippen LogP contribution in [0, 0.1) is 0 Å². The highest BCUT2D eigenvalue weighted by molar-refractivity contribution is 5.97.